The summed E-state index contributed by atoms with van der Waals surface area (Å²) in [5.74, 6) is -0.183. The molecule has 2 N–H and O–H groups in total. The monoisotopic (exact) mass is 486 g/mol. The lowest BCUT2D eigenvalue weighted by atomic mass is 9.64. The molecule has 8 nitrogen and oxygen atoms in total. The van der Waals surface area contributed by atoms with Gasteiger partial charge in [-0.15, -0.1) is 0 Å². The minimum atomic E-state index is -0.891. The second-order valence-electron chi connectivity index (χ2n) is 10.6. The molecule has 2 aliphatic heterocycles. The SMILES string of the molecule is CC1(C)Oc2cccc3c(C4C(O)C(c5ncc6c7c(cccc57)OC(C)(C)O6)C4O)ncc(c23)O1. The van der Waals surface area contributed by atoms with Crippen LogP contribution in [-0.2, 0) is 0 Å². The number of benzene rings is 2. The quantitative estimate of drug-likeness (QED) is 0.430. The summed E-state index contributed by atoms with van der Waals surface area (Å²) in [6.45, 7) is 7.38. The predicted molar refractivity (Wildman–Crippen MR) is 132 cm³/mol. The molecule has 0 radical (unpaired) electrons. The number of aliphatic hydroxyl groups excluding tert-OH is 2. The van der Waals surface area contributed by atoms with Crippen LogP contribution in [0.3, 0.4) is 0 Å². The van der Waals surface area contributed by atoms with Crippen molar-refractivity contribution in [2.24, 2.45) is 0 Å². The zero-order valence-electron chi connectivity index (χ0n) is 20.4. The highest BCUT2D eigenvalue weighted by Gasteiger charge is 2.53. The van der Waals surface area contributed by atoms with E-state index in [4.69, 9.17) is 18.9 Å². The van der Waals surface area contributed by atoms with E-state index in [2.05, 4.69) is 9.97 Å². The predicted octanol–water partition coefficient (Wildman–Crippen LogP) is 4.40. The number of rotatable bonds is 2. The first-order valence-electron chi connectivity index (χ1n) is 12.1. The number of hydrogen-bond acceptors (Lipinski definition) is 8. The highest BCUT2D eigenvalue weighted by molar-refractivity contribution is 5.97. The zero-order chi connectivity index (χ0) is 25.0. The maximum absolute atomic E-state index is 11.4. The topological polar surface area (TPSA) is 103 Å². The van der Waals surface area contributed by atoms with Gasteiger partial charge in [0.25, 0.3) is 0 Å². The summed E-state index contributed by atoms with van der Waals surface area (Å²) in [7, 11) is 0. The summed E-state index contributed by atoms with van der Waals surface area (Å²) in [4.78, 5) is 9.27. The van der Waals surface area contributed by atoms with E-state index in [0.29, 0.717) is 34.4 Å². The lowest BCUT2D eigenvalue weighted by Gasteiger charge is -2.46. The van der Waals surface area contributed by atoms with Gasteiger partial charge in [0.1, 0.15) is 11.5 Å². The van der Waals surface area contributed by atoms with Gasteiger partial charge in [0.2, 0.25) is 11.6 Å². The Hall–Kier alpha value is -3.62. The van der Waals surface area contributed by atoms with Crippen LogP contribution in [0.2, 0.25) is 0 Å². The van der Waals surface area contributed by atoms with Crippen LogP contribution in [-0.4, -0.2) is 44.0 Å². The Kier molecular flexibility index (Phi) is 4.20. The van der Waals surface area contributed by atoms with Gasteiger partial charge in [-0.05, 0) is 12.1 Å². The van der Waals surface area contributed by atoms with E-state index in [9.17, 15) is 10.2 Å². The summed E-state index contributed by atoms with van der Waals surface area (Å²) in [6, 6.07) is 11.4. The Balaban J connectivity index is 1.29. The number of ether oxygens (including phenoxy) is 4. The van der Waals surface area contributed by atoms with Crippen molar-refractivity contribution in [3.05, 3.63) is 60.2 Å². The summed E-state index contributed by atoms with van der Waals surface area (Å²) in [6.07, 6.45) is 1.51. The van der Waals surface area contributed by atoms with Gasteiger partial charge in [0.05, 0.1) is 58.6 Å². The van der Waals surface area contributed by atoms with E-state index in [0.717, 1.165) is 21.5 Å². The normalized spacial score (nSPS) is 26.8. The van der Waals surface area contributed by atoms with Crippen LogP contribution in [0.4, 0.5) is 0 Å². The van der Waals surface area contributed by atoms with Crippen LogP contribution in [0.25, 0.3) is 21.5 Å². The van der Waals surface area contributed by atoms with Crippen molar-refractivity contribution < 1.29 is 29.2 Å². The average Bonchev–Trinajstić information content (AvgIpc) is 2.81. The van der Waals surface area contributed by atoms with Gasteiger partial charge in [-0.25, -0.2) is 0 Å². The van der Waals surface area contributed by atoms with Crippen LogP contribution in [0, 0.1) is 0 Å². The number of nitrogens with zero attached hydrogens (tertiary/aromatic N) is 2. The molecule has 0 saturated heterocycles. The van der Waals surface area contributed by atoms with E-state index in [-0.39, 0.29) is 0 Å². The van der Waals surface area contributed by atoms with E-state index in [1.54, 1.807) is 12.4 Å². The van der Waals surface area contributed by atoms with Crippen LogP contribution in [0.15, 0.2) is 48.8 Å². The molecule has 184 valence electrons. The molecule has 4 heterocycles. The highest BCUT2D eigenvalue weighted by Crippen LogP contribution is 2.53. The number of aliphatic hydroxyl groups is 2. The van der Waals surface area contributed by atoms with Crippen LogP contribution < -0.4 is 18.9 Å². The molecule has 1 fully saturated rings. The molecule has 0 amide bonds. The maximum atomic E-state index is 11.4. The van der Waals surface area contributed by atoms with Crippen LogP contribution in [0.1, 0.15) is 50.9 Å². The third-order valence-electron chi connectivity index (χ3n) is 7.27. The molecular formula is C28H26N2O6. The standard InChI is InChI=1S/C28H26N2O6/c1-27(2)33-15-9-5-7-13-19(15)17(35-27)11-29-23(13)21-25(31)22(26(21)32)24-14-8-6-10-16-20(14)18(12-30-24)36-28(3,4)34-16/h5-12,21-22,25-26,31-32H,1-4H3. The van der Waals surface area contributed by atoms with E-state index >= 15 is 0 Å². The van der Waals surface area contributed by atoms with Gasteiger partial charge in [-0.1, -0.05) is 24.3 Å². The van der Waals surface area contributed by atoms with Crippen molar-refractivity contribution in [2.75, 3.05) is 0 Å². The first-order valence-corrected chi connectivity index (χ1v) is 12.1. The second-order valence-corrected chi connectivity index (χ2v) is 10.6. The third kappa shape index (κ3) is 2.94. The third-order valence-corrected chi connectivity index (χ3v) is 7.27. The van der Waals surface area contributed by atoms with Gasteiger partial charge >= 0.3 is 0 Å². The average molecular weight is 487 g/mol. The highest BCUT2D eigenvalue weighted by atomic mass is 16.7. The molecule has 1 saturated carbocycles. The van der Waals surface area contributed by atoms with E-state index < -0.39 is 35.6 Å². The second kappa shape index (κ2) is 6.99. The molecule has 36 heavy (non-hydrogen) atoms. The van der Waals surface area contributed by atoms with Crippen molar-refractivity contribution in [3.8, 4) is 23.0 Å². The molecule has 2 aromatic carbocycles. The van der Waals surface area contributed by atoms with Crippen molar-refractivity contribution in [2.45, 2.75) is 63.3 Å². The van der Waals surface area contributed by atoms with Gasteiger partial charge in [-0.2, -0.15) is 0 Å². The lowest BCUT2D eigenvalue weighted by molar-refractivity contribution is -0.0879. The Morgan fingerprint density at radius 1 is 0.611 bits per heavy atom. The van der Waals surface area contributed by atoms with Crippen LogP contribution >= 0.6 is 0 Å². The molecule has 1 aliphatic carbocycles. The number of hydrogen-bond donors (Lipinski definition) is 2. The Bertz CT molecular complexity index is 1410. The molecule has 0 unspecified atom stereocenters. The summed E-state index contributed by atoms with van der Waals surface area (Å²) in [5.41, 5.74) is 1.21. The van der Waals surface area contributed by atoms with Crippen molar-refractivity contribution >= 4 is 21.5 Å². The summed E-state index contributed by atoms with van der Waals surface area (Å²) < 4.78 is 24.0. The smallest absolute Gasteiger partial charge is 0.245 e. The molecule has 3 aliphatic rings. The van der Waals surface area contributed by atoms with Gasteiger partial charge < -0.3 is 29.2 Å². The van der Waals surface area contributed by atoms with Crippen molar-refractivity contribution in [3.63, 3.8) is 0 Å². The largest absolute Gasteiger partial charge is 0.452 e. The molecule has 0 bridgehead atoms. The maximum Gasteiger partial charge on any atom is 0.245 e. The van der Waals surface area contributed by atoms with Crippen molar-refractivity contribution in [1.82, 2.24) is 9.97 Å². The Morgan fingerprint density at radius 2 is 1.00 bits per heavy atom. The van der Waals surface area contributed by atoms with Gasteiger partial charge in [0, 0.05) is 38.5 Å². The first-order chi connectivity index (χ1) is 17.1. The van der Waals surface area contributed by atoms with E-state index in [1.165, 1.54) is 0 Å². The number of pyridine rings is 2. The molecule has 0 atom stereocenters. The van der Waals surface area contributed by atoms with Crippen LogP contribution in [0.5, 0.6) is 23.0 Å². The molecule has 4 aromatic rings. The van der Waals surface area contributed by atoms with Gasteiger partial charge in [0.15, 0.2) is 11.5 Å². The zero-order valence-corrected chi connectivity index (χ0v) is 20.4. The van der Waals surface area contributed by atoms with E-state index in [1.807, 2.05) is 64.1 Å². The minimum absolute atomic E-state index is 0.590. The molecule has 0 spiro atoms. The fraction of sp³-hybridized carbons (Fsp3) is 0.357. The molecular weight excluding hydrogens is 460 g/mol. The van der Waals surface area contributed by atoms with Gasteiger partial charge in [-0.3, -0.25) is 9.97 Å². The first kappa shape index (κ1) is 21.6. The minimum Gasteiger partial charge on any atom is -0.452 e. The lowest BCUT2D eigenvalue weighted by Crippen LogP contribution is -2.52. The summed E-state index contributed by atoms with van der Waals surface area (Å²) >= 11 is 0. The Labute approximate surface area is 207 Å². The summed E-state index contributed by atoms with van der Waals surface area (Å²) in [5, 5.41) is 25.9. The Morgan fingerprint density at radius 3 is 1.42 bits per heavy atom. The van der Waals surface area contributed by atoms with Crippen molar-refractivity contribution in [1.29, 1.82) is 0 Å². The molecule has 8 heteroatoms. The fourth-order valence-corrected chi connectivity index (χ4v) is 5.83. The molecule has 2 aromatic heterocycles. The molecule has 7 rings (SSSR count). The fourth-order valence-electron chi connectivity index (χ4n) is 5.83. The number of aromatic nitrogens is 2.